The number of rotatable bonds is 7. The van der Waals surface area contributed by atoms with Gasteiger partial charge in [-0.05, 0) is 57.2 Å². The molecule has 1 aliphatic carbocycles. The molecule has 110 valence electrons. The van der Waals surface area contributed by atoms with E-state index in [1.54, 1.807) is 0 Å². The molecular formula is C15H29N3O. The quantitative estimate of drug-likeness (QED) is 0.729. The Morgan fingerprint density at radius 1 is 1.11 bits per heavy atom. The van der Waals surface area contributed by atoms with Crippen molar-refractivity contribution in [2.45, 2.75) is 45.6 Å². The van der Waals surface area contributed by atoms with Crippen LogP contribution in [0.1, 0.15) is 39.5 Å². The van der Waals surface area contributed by atoms with Gasteiger partial charge in [-0.15, -0.1) is 0 Å². The lowest BCUT2D eigenvalue weighted by atomic mass is 9.96. The molecule has 0 radical (unpaired) electrons. The number of hydrogen-bond acceptors (Lipinski definition) is 3. The van der Waals surface area contributed by atoms with Crippen molar-refractivity contribution in [3.63, 3.8) is 0 Å². The number of piperidine rings is 1. The van der Waals surface area contributed by atoms with Gasteiger partial charge in [0.2, 0.25) is 5.91 Å². The first-order valence-electron chi connectivity index (χ1n) is 7.86. The molecule has 2 fully saturated rings. The summed E-state index contributed by atoms with van der Waals surface area (Å²) in [7, 11) is 0. The van der Waals surface area contributed by atoms with Gasteiger partial charge in [-0.1, -0.05) is 13.8 Å². The van der Waals surface area contributed by atoms with Crippen LogP contribution >= 0.6 is 0 Å². The van der Waals surface area contributed by atoms with E-state index in [-0.39, 0.29) is 5.91 Å². The van der Waals surface area contributed by atoms with Crippen molar-refractivity contribution in [3.05, 3.63) is 0 Å². The molecule has 19 heavy (non-hydrogen) atoms. The number of nitrogens with zero attached hydrogens (tertiary/aromatic N) is 1. The van der Waals surface area contributed by atoms with Crippen LogP contribution in [-0.2, 0) is 4.79 Å². The molecule has 1 aliphatic heterocycles. The predicted molar refractivity (Wildman–Crippen MR) is 78.0 cm³/mol. The number of likely N-dealkylation sites (tertiary alicyclic amines) is 1. The first-order valence-corrected chi connectivity index (χ1v) is 7.86. The molecule has 0 aromatic heterocycles. The molecule has 2 N–H and O–H groups in total. The average molecular weight is 267 g/mol. The van der Waals surface area contributed by atoms with Crippen molar-refractivity contribution >= 4 is 5.91 Å². The Balaban J connectivity index is 1.55. The molecule has 1 saturated carbocycles. The molecule has 1 heterocycles. The first-order chi connectivity index (χ1) is 9.13. The highest BCUT2D eigenvalue weighted by molar-refractivity contribution is 5.78. The second kappa shape index (κ2) is 7.25. The zero-order valence-corrected chi connectivity index (χ0v) is 12.5. The monoisotopic (exact) mass is 267 g/mol. The summed E-state index contributed by atoms with van der Waals surface area (Å²) >= 11 is 0. The Labute approximate surface area is 117 Å². The number of carbonyl (C=O) groups excluding carboxylic acids is 1. The minimum atomic E-state index is 0.214. The van der Waals surface area contributed by atoms with Crippen LogP contribution in [0.25, 0.3) is 0 Å². The lowest BCUT2D eigenvalue weighted by molar-refractivity contribution is -0.122. The minimum absolute atomic E-state index is 0.214. The van der Waals surface area contributed by atoms with E-state index in [2.05, 4.69) is 29.4 Å². The van der Waals surface area contributed by atoms with E-state index in [0.717, 1.165) is 38.0 Å². The summed E-state index contributed by atoms with van der Waals surface area (Å²) < 4.78 is 0. The normalized spacial score (nSPS) is 21.8. The molecular weight excluding hydrogens is 238 g/mol. The number of hydrogen-bond donors (Lipinski definition) is 2. The van der Waals surface area contributed by atoms with E-state index in [9.17, 15) is 4.79 Å². The van der Waals surface area contributed by atoms with E-state index >= 15 is 0 Å². The number of nitrogens with one attached hydrogen (secondary N) is 2. The zero-order chi connectivity index (χ0) is 13.7. The van der Waals surface area contributed by atoms with Gasteiger partial charge in [-0.25, -0.2) is 0 Å². The van der Waals surface area contributed by atoms with Gasteiger partial charge in [-0.3, -0.25) is 9.69 Å². The lowest BCUT2D eigenvalue weighted by Gasteiger charge is -2.32. The highest BCUT2D eigenvalue weighted by atomic mass is 16.2. The lowest BCUT2D eigenvalue weighted by Crippen LogP contribution is -2.43. The van der Waals surface area contributed by atoms with E-state index < -0.39 is 0 Å². The van der Waals surface area contributed by atoms with Crippen LogP contribution in [0.2, 0.25) is 0 Å². The molecule has 1 amide bonds. The molecule has 0 unspecified atom stereocenters. The summed E-state index contributed by atoms with van der Waals surface area (Å²) in [6.07, 6.45) is 5.04. The van der Waals surface area contributed by atoms with Crippen LogP contribution < -0.4 is 10.6 Å². The summed E-state index contributed by atoms with van der Waals surface area (Å²) in [5, 5.41) is 6.56. The van der Waals surface area contributed by atoms with Gasteiger partial charge in [0.15, 0.2) is 0 Å². The molecule has 0 atom stereocenters. The Hall–Kier alpha value is -0.610. The van der Waals surface area contributed by atoms with Crippen LogP contribution in [0.4, 0.5) is 0 Å². The van der Waals surface area contributed by atoms with Crippen molar-refractivity contribution in [1.82, 2.24) is 15.5 Å². The Morgan fingerprint density at radius 3 is 2.32 bits per heavy atom. The Bertz CT molecular complexity index is 281. The van der Waals surface area contributed by atoms with Crippen LogP contribution in [0.15, 0.2) is 0 Å². The van der Waals surface area contributed by atoms with E-state index in [1.165, 1.54) is 25.7 Å². The molecule has 2 rings (SSSR count). The summed E-state index contributed by atoms with van der Waals surface area (Å²) in [5.41, 5.74) is 0. The second-order valence-corrected chi connectivity index (χ2v) is 6.53. The van der Waals surface area contributed by atoms with Crippen LogP contribution in [0, 0.1) is 11.8 Å². The molecule has 0 aromatic rings. The highest BCUT2D eigenvalue weighted by Gasteiger charge is 2.23. The zero-order valence-electron chi connectivity index (χ0n) is 12.5. The van der Waals surface area contributed by atoms with Crippen molar-refractivity contribution in [3.8, 4) is 0 Å². The van der Waals surface area contributed by atoms with Gasteiger partial charge in [0.05, 0.1) is 6.54 Å². The van der Waals surface area contributed by atoms with Crippen LogP contribution in [-0.4, -0.2) is 49.6 Å². The van der Waals surface area contributed by atoms with E-state index in [4.69, 9.17) is 0 Å². The maximum atomic E-state index is 11.8. The minimum Gasteiger partial charge on any atom is -0.355 e. The summed E-state index contributed by atoms with van der Waals surface area (Å²) in [5.74, 6) is 1.77. The first kappa shape index (κ1) is 14.8. The van der Waals surface area contributed by atoms with Gasteiger partial charge in [0, 0.05) is 12.6 Å². The molecule has 0 bridgehead atoms. The molecule has 0 spiro atoms. The van der Waals surface area contributed by atoms with Gasteiger partial charge in [0.25, 0.3) is 0 Å². The molecule has 2 aliphatic rings. The fourth-order valence-electron chi connectivity index (χ4n) is 2.59. The topological polar surface area (TPSA) is 44.4 Å². The van der Waals surface area contributed by atoms with Crippen LogP contribution in [0.5, 0.6) is 0 Å². The maximum Gasteiger partial charge on any atom is 0.234 e. The standard InChI is InChI=1S/C15H29N3O/c1-12(2)16-9-14-5-7-18(8-6-14)11-15(19)17-10-13-3-4-13/h12-14,16H,3-11H2,1-2H3,(H,17,19). The summed E-state index contributed by atoms with van der Waals surface area (Å²) in [6, 6.07) is 0.575. The van der Waals surface area contributed by atoms with Gasteiger partial charge in [0.1, 0.15) is 0 Å². The summed E-state index contributed by atoms with van der Waals surface area (Å²) in [6.45, 7) is 9.14. The van der Waals surface area contributed by atoms with E-state index in [0.29, 0.717) is 12.6 Å². The third-order valence-electron chi connectivity index (χ3n) is 4.17. The number of amides is 1. The summed E-state index contributed by atoms with van der Waals surface area (Å²) in [4.78, 5) is 14.1. The van der Waals surface area contributed by atoms with Gasteiger partial charge < -0.3 is 10.6 Å². The van der Waals surface area contributed by atoms with Crippen molar-refractivity contribution in [2.24, 2.45) is 11.8 Å². The third kappa shape index (κ3) is 5.91. The Kier molecular flexibility index (Phi) is 5.64. The van der Waals surface area contributed by atoms with Crippen LogP contribution in [0.3, 0.4) is 0 Å². The third-order valence-corrected chi connectivity index (χ3v) is 4.17. The SMILES string of the molecule is CC(C)NCC1CCN(CC(=O)NCC2CC2)CC1. The van der Waals surface area contributed by atoms with E-state index in [1.807, 2.05) is 0 Å². The highest BCUT2D eigenvalue weighted by Crippen LogP contribution is 2.27. The fraction of sp³-hybridized carbons (Fsp3) is 0.933. The smallest absolute Gasteiger partial charge is 0.234 e. The number of carbonyl (C=O) groups is 1. The van der Waals surface area contributed by atoms with Gasteiger partial charge in [-0.2, -0.15) is 0 Å². The second-order valence-electron chi connectivity index (χ2n) is 6.53. The largest absolute Gasteiger partial charge is 0.355 e. The van der Waals surface area contributed by atoms with Crippen molar-refractivity contribution < 1.29 is 4.79 Å². The molecule has 4 heteroatoms. The van der Waals surface area contributed by atoms with Gasteiger partial charge >= 0.3 is 0 Å². The maximum absolute atomic E-state index is 11.8. The predicted octanol–water partition coefficient (Wildman–Crippen LogP) is 1.22. The molecule has 4 nitrogen and oxygen atoms in total. The van der Waals surface area contributed by atoms with Crippen molar-refractivity contribution in [1.29, 1.82) is 0 Å². The molecule has 0 aromatic carbocycles. The molecule has 1 saturated heterocycles. The fourth-order valence-corrected chi connectivity index (χ4v) is 2.59. The van der Waals surface area contributed by atoms with Crippen molar-refractivity contribution in [2.75, 3.05) is 32.7 Å². The average Bonchev–Trinajstić information content (AvgIpc) is 3.19. The Morgan fingerprint density at radius 2 is 1.74 bits per heavy atom.